The molecule has 0 bridgehead atoms. The second-order valence-electron chi connectivity index (χ2n) is 8.94. The van der Waals surface area contributed by atoms with Crippen molar-refractivity contribution in [1.82, 2.24) is 20.0 Å². The number of carbonyl (C=O) groups is 1. The normalized spacial score (nSPS) is 28.9. The van der Waals surface area contributed by atoms with Gasteiger partial charge in [0, 0.05) is 51.2 Å². The number of aliphatic imine (C=N–C) groups is 1. The van der Waals surface area contributed by atoms with Crippen LogP contribution in [0.1, 0.15) is 52.4 Å². The summed E-state index contributed by atoms with van der Waals surface area (Å²) in [7, 11) is 0. The van der Waals surface area contributed by atoms with Crippen LogP contribution >= 0.6 is 24.0 Å². The van der Waals surface area contributed by atoms with Gasteiger partial charge < -0.3 is 20.2 Å². The number of halogens is 1. The Labute approximate surface area is 193 Å². The van der Waals surface area contributed by atoms with Gasteiger partial charge in [-0.25, -0.2) is 0 Å². The second-order valence-corrected chi connectivity index (χ2v) is 8.94. The third kappa shape index (κ3) is 6.69. The van der Waals surface area contributed by atoms with E-state index in [1.54, 1.807) is 0 Å². The summed E-state index contributed by atoms with van der Waals surface area (Å²) in [5.41, 5.74) is -0.108. The highest BCUT2D eigenvalue weighted by atomic mass is 127. The maximum Gasteiger partial charge on any atom is 0.236 e. The van der Waals surface area contributed by atoms with Gasteiger partial charge in [-0.3, -0.25) is 14.7 Å². The molecule has 3 aliphatic rings. The van der Waals surface area contributed by atoms with Crippen molar-refractivity contribution in [2.75, 3.05) is 58.9 Å². The first-order valence-electron chi connectivity index (χ1n) is 11.2. The molecule has 1 saturated carbocycles. The molecule has 0 spiro atoms. The molecular weight excluding hydrogens is 481 g/mol. The Morgan fingerprint density at radius 3 is 2.38 bits per heavy atom. The minimum absolute atomic E-state index is 0. The van der Waals surface area contributed by atoms with Gasteiger partial charge >= 0.3 is 0 Å². The van der Waals surface area contributed by atoms with Crippen molar-refractivity contribution in [3.8, 4) is 0 Å². The van der Waals surface area contributed by atoms with Crippen LogP contribution in [0.25, 0.3) is 0 Å². The van der Waals surface area contributed by atoms with Gasteiger partial charge in [0.15, 0.2) is 5.96 Å². The summed E-state index contributed by atoms with van der Waals surface area (Å²) < 4.78 is 0. The van der Waals surface area contributed by atoms with E-state index in [0.717, 1.165) is 83.9 Å². The maximum absolute atomic E-state index is 12.4. The van der Waals surface area contributed by atoms with Crippen molar-refractivity contribution >= 4 is 35.8 Å². The van der Waals surface area contributed by atoms with Crippen LogP contribution in [-0.2, 0) is 4.79 Å². The fourth-order valence-corrected chi connectivity index (χ4v) is 4.62. The summed E-state index contributed by atoms with van der Waals surface area (Å²) in [5, 5.41) is 13.9. The van der Waals surface area contributed by atoms with Crippen LogP contribution in [0.4, 0.5) is 0 Å². The highest BCUT2D eigenvalue weighted by Crippen LogP contribution is 2.36. The Hall–Kier alpha value is -0.610. The molecular formula is C21H40IN5O2. The number of rotatable bonds is 5. The van der Waals surface area contributed by atoms with Crippen molar-refractivity contribution in [3.05, 3.63) is 0 Å². The van der Waals surface area contributed by atoms with E-state index in [1.165, 1.54) is 6.42 Å². The summed E-state index contributed by atoms with van der Waals surface area (Å²) in [5.74, 6) is 1.23. The minimum atomic E-state index is -0.249. The zero-order valence-corrected chi connectivity index (χ0v) is 20.6. The smallest absolute Gasteiger partial charge is 0.236 e. The van der Waals surface area contributed by atoms with Crippen LogP contribution in [0, 0.1) is 5.41 Å². The van der Waals surface area contributed by atoms with Gasteiger partial charge in [0.25, 0.3) is 0 Å². The number of hydrogen-bond acceptors (Lipinski definition) is 4. The number of guanidine groups is 1. The van der Waals surface area contributed by atoms with Gasteiger partial charge in [0.2, 0.25) is 5.91 Å². The zero-order chi connectivity index (χ0) is 20.0. The van der Waals surface area contributed by atoms with E-state index in [2.05, 4.69) is 29.0 Å². The van der Waals surface area contributed by atoms with Gasteiger partial charge in [0.05, 0.1) is 19.2 Å². The molecule has 0 aromatic carbocycles. The molecule has 8 heteroatoms. The van der Waals surface area contributed by atoms with E-state index in [1.807, 2.05) is 4.90 Å². The topological polar surface area (TPSA) is 71.4 Å². The molecule has 2 heterocycles. The van der Waals surface area contributed by atoms with E-state index in [0.29, 0.717) is 13.1 Å². The zero-order valence-electron chi connectivity index (χ0n) is 18.2. The minimum Gasteiger partial charge on any atom is -0.392 e. The summed E-state index contributed by atoms with van der Waals surface area (Å²) in [4.78, 5) is 23.9. The van der Waals surface area contributed by atoms with E-state index in [9.17, 15) is 9.90 Å². The van der Waals surface area contributed by atoms with E-state index >= 15 is 0 Å². The highest BCUT2D eigenvalue weighted by molar-refractivity contribution is 14.0. The van der Waals surface area contributed by atoms with Crippen molar-refractivity contribution < 1.29 is 9.90 Å². The van der Waals surface area contributed by atoms with E-state index in [-0.39, 0.29) is 41.4 Å². The molecule has 2 atom stereocenters. The number of nitrogens with zero attached hydrogens (tertiary/aromatic N) is 4. The predicted molar refractivity (Wildman–Crippen MR) is 128 cm³/mol. The molecule has 2 saturated heterocycles. The Balaban J connectivity index is 0.00000300. The number of nitrogens with one attached hydrogen (secondary N) is 1. The first-order valence-corrected chi connectivity index (χ1v) is 11.2. The Bertz CT molecular complexity index is 547. The van der Waals surface area contributed by atoms with Crippen molar-refractivity contribution in [2.45, 2.75) is 58.5 Å². The first kappa shape index (κ1) is 24.7. The van der Waals surface area contributed by atoms with Crippen LogP contribution in [0.2, 0.25) is 0 Å². The van der Waals surface area contributed by atoms with Gasteiger partial charge in [-0.1, -0.05) is 19.8 Å². The molecule has 2 aliphatic heterocycles. The van der Waals surface area contributed by atoms with Crippen LogP contribution < -0.4 is 5.32 Å². The summed E-state index contributed by atoms with van der Waals surface area (Å²) in [6.45, 7) is 11.7. The average Bonchev–Trinajstić information content (AvgIpc) is 3.23. The van der Waals surface area contributed by atoms with Crippen LogP contribution in [0.15, 0.2) is 4.99 Å². The van der Waals surface area contributed by atoms with Gasteiger partial charge in [0.1, 0.15) is 0 Å². The van der Waals surface area contributed by atoms with Crippen LogP contribution in [0.5, 0.6) is 0 Å². The molecule has 1 amide bonds. The lowest BCUT2D eigenvalue weighted by atomic mass is 9.73. The lowest BCUT2D eigenvalue weighted by molar-refractivity contribution is -0.131. The molecule has 0 aromatic rings. The number of piperazine rings is 1. The predicted octanol–water partition coefficient (Wildman–Crippen LogP) is 1.75. The molecule has 3 rings (SSSR count). The van der Waals surface area contributed by atoms with Crippen molar-refractivity contribution in [3.63, 3.8) is 0 Å². The van der Waals surface area contributed by atoms with Crippen molar-refractivity contribution in [1.29, 1.82) is 0 Å². The number of hydrogen-bond donors (Lipinski definition) is 2. The molecule has 7 nitrogen and oxygen atoms in total. The molecule has 0 radical (unpaired) electrons. The van der Waals surface area contributed by atoms with Crippen LogP contribution in [-0.4, -0.2) is 96.7 Å². The number of amides is 1. The second kappa shape index (κ2) is 11.7. The Kier molecular flexibility index (Phi) is 9.94. The molecule has 2 unspecified atom stereocenters. The van der Waals surface area contributed by atoms with E-state index in [4.69, 9.17) is 4.99 Å². The molecule has 29 heavy (non-hydrogen) atoms. The SMILES string of the molecule is CCNC(=NCC1(C)CCCCC1O)N1CCN(CC(=O)N2CCCC2)CC1.I. The molecule has 168 valence electrons. The number of aliphatic hydroxyl groups is 1. The standard InChI is InChI=1S/C21H39N5O2.HI/c1-3-22-20(23-17-21(2)9-5-4-8-18(21)27)26-14-12-24(13-15-26)16-19(28)25-10-6-7-11-25;/h18,27H,3-17H2,1-2H3,(H,22,23);1H. The monoisotopic (exact) mass is 521 g/mol. The van der Waals surface area contributed by atoms with Gasteiger partial charge in [-0.05, 0) is 32.6 Å². The summed E-state index contributed by atoms with van der Waals surface area (Å²) in [6, 6.07) is 0. The number of aliphatic hydroxyl groups excluding tert-OH is 1. The van der Waals surface area contributed by atoms with Gasteiger partial charge in [-0.15, -0.1) is 24.0 Å². The number of likely N-dealkylation sites (tertiary alicyclic amines) is 1. The quantitative estimate of drug-likeness (QED) is 0.328. The Morgan fingerprint density at radius 1 is 1.07 bits per heavy atom. The highest BCUT2D eigenvalue weighted by Gasteiger charge is 2.35. The fourth-order valence-electron chi connectivity index (χ4n) is 4.62. The third-order valence-electron chi connectivity index (χ3n) is 6.69. The molecule has 2 N–H and O–H groups in total. The third-order valence-corrected chi connectivity index (χ3v) is 6.69. The van der Waals surface area contributed by atoms with E-state index < -0.39 is 0 Å². The Morgan fingerprint density at radius 2 is 1.76 bits per heavy atom. The summed E-state index contributed by atoms with van der Waals surface area (Å²) in [6.07, 6.45) is 6.30. The lowest BCUT2D eigenvalue weighted by Crippen LogP contribution is -2.54. The average molecular weight is 521 g/mol. The summed E-state index contributed by atoms with van der Waals surface area (Å²) >= 11 is 0. The fraction of sp³-hybridized carbons (Fsp3) is 0.905. The molecule has 3 fully saturated rings. The van der Waals surface area contributed by atoms with Crippen LogP contribution in [0.3, 0.4) is 0 Å². The largest absolute Gasteiger partial charge is 0.392 e. The van der Waals surface area contributed by atoms with Gasteiger partial charge in [-0.2, -0.15) is 0 Å². The first-order chi connectivity index (χ1) is 13.5. The molecule has 1 aliphatic carbocycles. The molecule has 0 aromatic heterocycles. The maximum atomic E-state index is 12.4. The van der Waals surface area contributed by atoms with Crippen molar-refractivity contribution in [2.24, 2.45) is 10.4 Å². The number of carbonyl (C=O) groups excluding carboxylic acids is 1. The lowest BCUT2D eigenvalue weighted by Gasteiger charge is -2.39.